The number of hydrogen-bond acceptors (Lipinski definition) is 3. The molecule has 0 saturated carbocycles. The minimum Gasteiger partial charge on any atom is -0.436 e. The molecule has 11 heavy (non-hydrogen) atoms. The van der Waals surface area contributed by atoms with E-state index >= 15 is 0 Å². The quantitative estimate of drug-likeness (QED) is 0.503. The number of Topliss-reactive ketones (excluding diaryl/α,β-unsaturated/α-hetero) is 1. The summed E-state index contributed by atoms with van der Waals surface area (Å²) in [6.45, 7) is 1.67. The SMILES string of the molecule is [B]CN1CC(C(C)=O)OC1=O. The number of hydrogen-bond donors (Lipinski definition) is 0. The van der Waals surface area contributed by atoms with Gasteiger partial charge in [-0.3, -0.25) is 4.79 Å². The summed E-state index contributed by atoms with van der Waals surface area (Å²) >= 11 is 0. The van der Waals surface area contributed by atoms with Gasteiger partial charge in [0.15, 0.2) is 11.9 Å². The van der Waals surface area contributed by atoms with Crippen LogP contribution >= 0.6 is 0 Å². The third-order valence-corrected chi connectivity index (χ3v) is 1.56. The fourth-order valence-corrected chi connectivity index (χ4v) is 0.869. The lowest BCUT2D eigenvalue weighted by molar-refractivity contribution is -0.123. The zero-order valence-corrected chi connectivity index (χ0v) is 6.24. The molecular weight excluding hydrogens is 145 g/mol. The molecule has 58 valence electrons. The molecule has 1 rings (SSSR count). The third kappa shape index (κ3) is 1.53. The Morgan fingerprint density at radius 2 is 2.55 bits per heavy atom. The molecule has 0 aromatic heterocycles. The maximum Gasteiger partial charge on any atom is 0.409 e. The summed E-state index contributed by atoms with van der Waals surface area (Å²) in [6, 6.07) is 0. The summed E-state index contributed by atoms with van der Waals surface area (Å²) in [5.74, 6) is -0.144. The molecule has 0 N–H and O–H groups in total. The number of ketones is 1. The Balaban J connectivity index is 2.56. The molecule has 1 aliphatic heterocycles. The first-order chi connectivity index (χ1) is 5.15. The van der Waals surface area contributed by atoms with Gasteiger partial charge < -0.3 is 9.64 Å². The van der Waals surface area contributed by atoms with Crippen LogP contribution in [0.3, 0.4) is 0 Å². The van der Waals surface area contributed by atoms with Gasteiger partial charge in [0.2, 0.25) is 0 Å². The molecule has 2 radical (unpaired) electrons. The van der Waals surface area contributed by atoms with Crippen molar-refractivity contribution in [2.75, 3.05) is 13.0 Å². The van der Waals surface area contributed by atoms with Crippen molar-refractivity contribution < 1.29 is 14.3 Å². The maximum absolute atomic E-state index is 10.8. The lowest BCUT2D eigenvalue weighted by Crippen LogP contribution is -2.27. The highest BCUT2D eigenvalue weighted by Gasteiger charge is 2.32. The molecule has 5 heteroatoms. The van der Waals surface area contributed by atoms with Crippen LogP contribution in [0.1, 0.15) is 6.92 Å². The second-order valence-electron chi connectivity index (χ2n) is 2.39. The van der Waals surface area contributed by atoms with Crippen LogP contribution in [0.5, 0.6) is 0 Å². The smallest absolute Gasteiger partial charge is 0.409 e. The highest BCUT2D eigenvalue weighted by atomic mass is 16.6. The topological polar surface area (TPSA) is 46.6 Å². The average molecular weight is 153 g/mol. The van der Waals surface area contributed by atoms with E-state index in [0.29, 0.717) is 0 Å². The lowest BCUT2D eigenvalue weighted by atomic mass is 10.1. The minimum absolute atomic E-state index is 0.0998. The van der Waals surface area contributed by atoms with Crippen LogP contribution in [0.25, 0.3) is 0 Å². The van der Waals surface area contributed by atoms with Crippen molar-refractivity contribution in [3.63, 3.8) is 0 Å². The van der Waals surface area contributed by atoms with E-state index in [0.717, 1.165) is 0 Å². The highest BCUT2D eigenvalue weighted by molar-refractivity contribution is 6.10. The lowest BCUT2D eigenvalue weighted by Gasteiger charge is -2.07. The number of nitrogens with zero attached hydrogens (tertiary/aromatic N) is 1. The Hall–Kier alpha value is -0.995. The third-order valence-electron chi connectivity index (χ3n) is 1.56. The van der Waals surface area contributed by atoms with Gasteiger partial charge in [0.25, 0.3) is 0 Å². The van der Waals surface area contributed by atoms with Crippen molar-refractivity contribution in [3.8, 4) is 0 Å². The van der Waals surface area contributed by atoms with E-state index in [1.54, 1.807) is 0 Å². The molecule has 0 aromatic rings. The molecule has 0 bridgehead atoms. The summed E-state index contributed by atoms with van der Waals surface area (Å²) in [6.07, 6.45) is -1.03. The van der Waals surface area contributed by atoms with Crippen LogP contribution < -0.4 is 0 Å². The number of carbonyl (C=O) groups is 2. The summed E-state index contributed by atoms with van der Waals surface area (Å²) < 4.78 is 4.68. The van der Waals surface area contributed by atoms with Crippen molar-refractivity contribution in [1.29, 1.82) is 0 Å². The molecule has 1 fully saturated rings. The highest BCUT2D eigenvalue weighted by Crippen LogP contribution is 2.10. The Morgan fingerprint density at radius 1 is 1.91 bits per heavy atom. The molecule has 4 nitrogen and oxygen atoms in total. The normalized spacial score (nSPS) is 23.5. The molecule has 1 heterocycles. The van der Waals surface area contributed by atoms with Gasteiger partial charge in [0.1, 0.15) is 0 Å². The number of carbonyl (C=O) groups excluding carboxylic acids is 2. The zero-order chi connectivity index (χ0) is 8.43. The standard InChI is InChI=1S/C6H8BNO3/c1-4(9)5-2-8(3-7)6(10)11-5/h5H,2-3H2,1H3. The van der Waals surface area contributed by atoms with Gasteiger partial charge in [-0.15, -0.1) is 0 Å². The van der Waals surface area contributed by atoms with Gasteiger partial charge in [0.05, 0.1) is 14.4 Å². The van der Waals surface area contributed by atoms with Crippen LogP contribution in [-0.4, -0.2) is 43.7 Å². The van der Waals surface area contributed by atoms with Gasteiger partial charge in [-0.1, -0.05) is 0 Å². The molecule has 0 aliphatic carbocycles. The Labute approximate surface area is 65.9 Å². The van der Waals surface area contributed by atoms with E-state index in [1.807, 2.05) is 0 Å². The van der Waals surface area contributed by atoms with E-state index in [-0.39, 0.29) is 18.8 Å². The minimum atomic E-state index is -0.619. The van der Waals surface area contributed by atoms with Gasteiger partial charge >= 0.3 is 6.09 Å². The molecule has 0 aromatic carbocycles. The second-order valence-corrected chi connectivity index (χ2v) is 2.39. The molecule has 1 unspecified atom stereocenters. The molecule has 0 spiro atoms. The first-order valence-electron chi connectivity index (χ1n) is 3.31. The second kappa shape index (κ2) is 2.94. The average Bonchev–Trinajstić information content (AvgIpc) is 2.31. The number of rotatable bonds is 2. The molecule has 1 aliphatic rings. The van der Waals surface area contributed by atoms with Gasteiger partial charge in [-0.05, 0) is 13.4 Å². The van der Waals surface area contributed by atoms with Crippen LogP contribution in [0.2, 0.25) is 0 Å². The summed E-state index contributed by atoms with van der Waals surface area (Å²) in [7, 11) is 5.20. The first kappa shape index (κ1) is 8.10. The summed E-state index contributed by atoms with van der Waals surface area (Å²) in [5, 5.41) is 0. The van der Waals surface area contributed by atoms with Crippen molar-refractivity contribution >= 4 is 19.7 Å². The van der Waals surface area contributed by atoms with E-state index < -0.39 is 12.2 Å². The maximum atomic E-state index is 10.8. The van der Waals surface area contributed by atoms with E-state index in [2.05, 4.69) is 4.74 Å². The Morgan fingerprint density at radius 3 is 2.82 bits per heavy atom. The predicted octanol–water partition coefficient (Wildman–Crippen LogP) is -0.478. The fourth-order valence-electron chi connectivity index (χ4n) is 0.869. The molecule has 1 atom stereocenters. The molecular formula is C6H8BNO3. The van der Waals surface area contributed by atoms with Crippen LogP contribution in [0, 0.1) is 0 Å². The van der Waals surface area contributed by atoms with Crippen LogP contribution in [0.4, 0.5) is 4.79 Å². The van der Waals surface area contributed by atoms with Crippen molar-refractivity contribution in [3.05, 3.63) is 0 Å². The van der Waals surface area contributed by atoms with E-state index in [4.69, 9.17) is 7.85 Å². The van der Waals surface area contributed by atoms with Crippen molar-refractivity contribution in [2.24, 2.45) is 0 Å². The fraction of sp³-hybridized carbons (Fsp3) is 0.667. The monoisotopic (exact) mass is 153 g/mol. The van der Waals surface area contributed by atoms with Gasteiger partial charge in [-0.25, -0.2) is 4.79 Å². The molecule has 1 saturated heterocycles. The number of ether oxygens (including phenoxy) is 1. The summed E-state index contributed by atoms with van der Waals surface area (Å²) in [4.78, 5) is 22.8. The number of cyclic esters (lactones) is 1. The van der Waals surface area contributed by atoms with Crippen molar-refractivity contribution in [1.82, 2.24) is 4.90 Å². The van der Waals surface area contributed by atoms with E-state index in [9.17, 15) is 9.59 Å². The summed E-state index contributed by atoms with van der Waals surface area (Å²) in [5.41, 5.74) is 0. The van der Waals surface area contributed by atoms with Crippen LogP contribution in [0.15, 0.2) is 0 Å². The largest absolute Gasteiger partial charge is 0.436 e. The van der Waals surface area contributed by atoms with Crippen molar-refractivity contribution in [2.45, 2.75) is 13.0 Å². The van der Waals surface area contributed by atoms with E-state index in [1.165, 1.54) is 11.8 Å². The predicted molar refractivity (Wildman–Crippen MR) is 38.3 cm³/mol. The molecule has 1 amide bonds. The van der Waals surface area contributed by atoms with Gasteiger partial charge in [-0.2, -0.15) is 0 Å². The number of amides is 1. The Bertz CT molecular complexity index is 194. The first-order valence-corrected chi connectivity index (χ1v) is 3.31. The zero-order valence-electron chi connectivity index (χ0n) is 6.24. The van der Waals surface area contributed by atoms with Crippen LogP contribution in [-0.2, 0) is 9.53 Å². The Kier molecular flexibility index (Phi) is 2.17. The van der Waals surface area contributed by atoms with Gasteiger partial charge in [0, 0.05) is 0 Å².